The highest BCUT2D eigenvalue weighted by Crippen LogP contribution is 2.27. The summed E-state index contributed by atoms with van der Waals surface area (Å²) in [6.07, 6.45) is 0.801. The average molecular weight is 349 g/mol. The minimum absolute atomic E-state index is 0.190. The minimum atomic E-state index is -0.219. The van der Waals surface area contributed by atoms with Crippen LogP contribution in [0.1, 0.15) is 47.1 Å². The largest absolute Gasteiger partial charge is 0.357 e. The van der Waals surface area contributed by atoms with E-state index in [0.717, 1.165) is 23.3 Å². The fourth-order valence-electron chi connectivity index (χ4n) is 3.93. The predicted molar refractivity (Wildman–Crippen MR) is 103 cm³/mol. The molecule has 1 N–H and O–H groups in total. The summed E-state index contributed by atoms with van der Waals surface area (Å²) < 4.78 is 1.59. The van der Waals surface area contributed by atoms with Gasteiger partial charge in [0, 0.05) is 35.9 Å². The summed E-state index contributed by atoms with van der Waals surface area (Å²) >= 11 is 0. The van der Waals surface area contributed by atoms with Crippen LogP contribution in [0.15, 0.2) is 41.2 Å². The van der Waals surface area contributed by atoms with Gasteiger partial charge < -0.3 is 14.5 Å². The van der Waals surface area contributed by atoms with E-state index in [-0.39, 0.29) is 22.9 Å². The van der Waals surface area contributed by atoms with E-state index < -0.39 is 0 Å². The van der Waals surface area contributed by atoms with Gasteiger partial charge in [0.15, 0.2) is 0 Å². The summed E-state index contributed by atoms with van der Waals surface area (Å²) in [5.41, 5.74) is 4.42. The summed E-state index contributed by atoms with van der Waals surface area (Å²) in [7, 11) is 1.74. The maximum absolute atomic E-state index is 13.0. The smallest absolute Gasteiger partial charge is 0.263 e. The Hall–Kier alpha value is -2.82. The van der Waals surface area contributed by atoms with Crippen LogP contribution in [0.4, 0.5) is 0 Å². The van der Waals surface area contributed by atoms with Crippen LogP contribution in [0.2, 0.25) is 0 Å². The highest BCUT2D eigenvalue weighted by Gasteiger charge is 2.26. The van der Waals surface area contributed by atoms with Gasteiger partial charge in [-0.15, -0.1) is 0 Å². The monoisotopic (exact) mass is 349 g/mol. The molecule has 1 amide bonds. The van der Waals surface area contributed by atoms with E-state index in [0.29, 0.717) is 13.1 Å². The summed E-state index contributed by atoms with van der Waals surface area (Å²) in [6, 6.07) is 11.8. The molecule has 26 heavy (non-hydrogen) atoms. The quantitative estimate of drug-likeness (QED) is 0.772. The molecule has 5 heteroatoms. The van der Waals surface area contributed by atoms with Crippen LogP contribution in [0.3, 0.4) is 0 Å². The lowest BCUT2D eigenvalue weighted by Crippen LogP contribution is -2.39. The second-order valence-corrected chi connectivity index (χ2v) is 7.30. The maximum atomic E-state index is 13.0. The van der Waals surface area contributed by atoms with E-state index in [1.807, 2.05) is 32.0 Å². The zero-order chi connectivity index (χ0) is 18.4. The van der Waals surface area contributed by atoms with E-state index >= 15 is 0 Å². The van der Waals surface area contributed by atoms with Crippen molar-refractivity contribution in [3.05, 3.63) is 69.3 Å². The van der Waals surface area contributed by atoms with Gasteiger partial charge in [-0.05, 0) is 36.1 Å². The van der Waals surface area contributed by atoms with Gasteiger partial charge in [0.1, 0.15) is 5.56 Å². The van der Waals surface area contributed by atoms with Gasteiger partial charge in [-0.25, -0.2) is 0 Å². The molecule has 3 aromatic rings. The van der Waals surface area contributed by atoms with Crippen LogP contribution in [0.25, 0.3) is 10.9 Å². The third kappa shape index (κ3) is 2.55. The number of benzene rings is 1. The van der Waals surface area contributed by atoms with Gasteiger partial charge in [0.25, 0.3) is 11.5 Å². The lowest BCUT2D eigenvalue weighted by atomic mass is 10.0. The molecule has 3 heterocycles. The molecule has 0 fully saturated rings. The summed E-state index contributed by atoms with van der Waals surface area (Å²) in [6.45, 7) is 5.22. The Balaban J connectivity index is 1.66. The van der Waals surface area contributed by atoms with Crippen LogP contribution in [-0.2, 0) is 20.0 Å². The van der Waals surface area contributed by atoms with Crippen molar-refractivity contribution in [2.45, 2.75) is 32.7 Å². The molecule has 4 rings (SSSR count). The molecule has 0 radical (unpaired) electrons. The molecule has 0 atom stereocenters. The van der Waals surface area contributed by atoms with Crippen molar-refractivity contribution in [1.82, 2.24) is 14.5 Å². The molecule has 1 aromatic carbocycles. The molecule has 0 saturated heterocycles. The van der Waals surface area contributed by atoms with Crippen LogP contribution in [0, 0.1) is 0 Å². The number of amides is 1. The molecule has 5 nitrogen and oxygen atoms in total. The Morgan fingerprint density at radius 2 is 1.92 bits per heavy atom. The first-order valence-electron chi connectivity index (χ1n) is 9.05. The Bertz CT molecular complexity index is 1060. The van der Waals surface area contributed by atoms with E-state index in [4.69, 9.17) is 0 Å². The molecular formula is C21H23N3O2. The first-order chi connectivity index (χ1) is 12.5. The molecule has 2 aromatic heterocycles. The second kappa shape index (κ2) is 6.16. The van der Waals surface area contributed by atoms with Crippen molar-refractivity contribution < 1.29 is 4.79 Å². The number of aromatic nitrogens is 2. The minimum Gasteiger partial charge on any atom is -0.357 e. The highest BCUT2D eigenvalue weighted by atomic mass is 16.2. The lowest BCUT2D eigenvalue weighted by molar-refractivity contribution is 0.0730. The van der Waals surface area contributed by atoms with E-state index in [1.54, 1.807) is 22.6 Å². The van der Waals surface area contributed by atoms with E-state index in [1.165, 1.54) is 10.9 Å². The molecule has 134 valence electrons. The third-order valence-electron chi connectivity index (χ3n) is 5.33. The molecular weight excluding hydrogens is 326 g/mol. The number of H-pyrrole nitrogens is 1. The number of carbonyl (C=O) groups is 1. The molecule has 0 aliphatic carbocycles. The van der Waals surface area contributed by atoms with Gasteiger partial charge in [-0.2, -0.15) is 0 Å². The van der Waals surface area contributed by atoms with E-state index in [2.05, 4.69) is 17.1 Å². The molecule has 1 aliphatic heterocycles. The summed E-state index contributed by atoms with van der Waals surface area (Å²) in [5, 5.41) is 1.23. The van der Waals surface area contributed by atoms with Gasteiger partial charge in [0.2, 0.25) is 0 Å². The number of nitrogens with zero attached hydrogens (tertiary/aromatic N) is 2. The Morgan fingerprint density at radius 3 is 2.69 bits per heavy atom. The van der Waals surface area contributed by atoms with Gasteiger partial charge in [-0.3, -0.25) is 9.59 Å². The fourth-order valence-corrected chi connectivity index (χ4v) is 3.93. The number of fused-ring (bicyclic) bond motifs is 3. The Labute approximate surface area is 152 Å². The lowest BCUT2D eigenvalue weighted by Gasteiger charge is -2.27. The number of rotatable bonds is 2. The Morgan fingerprint density at radius 1 is 1.15 bits per heavy atom. The zero-order valence-corrected chi connectivity index (χ0v) is 15.4. The molecule has 0 spiro atoms. The topological polar surface area (TPSA) is 58.1 Å². The van der Waals surface area contributed by atoms with Gasteiger partial charge in [-0.1, -0.05) is 32.0 Å². The van der Waals surface area contributed by atoms with Crippen molar-refractivity contribution in [3.8, 4) is 0 Å². The number of hydrogen-bond acceptors (Lipinski definition) is 2. The number of nitrogens with one attached hydrogen (secondary N) is 1. The Kier molecular flexibility index (Phi) is 3.94. The number of para-hydroxylation sites is 1. The van der Waals surface area contributed by atoms with Crippen LogP contribution in [-0.4, -0.2) is 26.9 Å². The SMILES string of the molecule is CC(C)c1ccc(C(=O)N2CCc3c([nH]c4ccccc34)C2)c(=O)n1C. The predicted octanol–water partition coefficient (Wildman–Crippen LogP) is 3.19. The number of carbonyl (C=O) groups excluding carboxylic acids is 1. The highest BCUT2D eigenvalue weighted by molar-refractivity contribution is 5.94. The first kappa shape index (κ1) is 16.6. The second-order valence-electron chi connectivity index (χ2n) is 7.30. The zero-order valence-electron chi connectivity index (χ0n) is 15.4. The van der Waals surface area contributed by atoms with Crippen LogP contribution < -0.4 is 5.56 Å². The van der Waals surface area contributed by atoms with Crippen molar-refractivity contribution in [1.29, 1.82) is 0 Å². The van der Waals surface area contributed by atoms with Gasteiger partial charge >= 0.3 is 0 Å². The van der Waals surface area contributed by atoms with Crippen molar-refractivity contribution in [3.63, 3.8) is 0 Å². The number of hydrogen-bond donors (Lipinski definition) is 1. The first-order valence-corrected chi connectivity index (χ1v) is 9.05. The maximum Gasteiger partial charge on any atom is 0.263 e. The van der Waals surface area contributed by atoms with Crippen molar-refractivity contribution >= 4 is 16.8 Å². The molecule has 1 aliphatic rings. The summed E-state index contributed by atoms with van der Waals surface area (Å²) in [4.78, 5) is 30.8. The van der Waals surface area contributed by atoms with Crippen molar-refractivity contribution in [2.75, 3.05) is 6.54 Å². The number of aromatic amines is 1. The van der Waals surface area contributed by atoms with Crippen LogP contribution in [0.5, 0.6) is 0 Å². The van der Waals surface area contributed by atoms with Crippen LogP contribution >= 0.6 is 0 Å². The fraction of sp³-hybridized carbons (Fsp3) is 0.333. The standard InChI is InChI=1S/C21H23N3O2/c1-13(2)19-9-8-16(20(25)23(19)3)21(26)24-11-10-15-14-6-4-5-7-17(14)22-18(15)12-24/h4-9,13,22H,10-12H2,1-3H3. The summed E-state index contributed by atoms with van der Waals surface area (Å²) in [5.74, 6) is 0.0472. The number of pyridine rings is 1. The normalized spacial score (nSPS) is 14.1. The van der Waals surface area contributed by atoms with Gasteiger partial charge in [0.05, 0.1) is 6.54 Å². The molecule has 0 unspecified atom stereocenters. The third-order valence-corrected chi connectivity index (χ3v) is 5.33. The molecule has 0 bridgehead atoms. The van der Waals surface area contributed by atoms with E-state index in [9.17, 15) is 9.59 Å². The molecule has 0 saturated carbocycles. The van der Waals surface area contributed by atoms with Crippen molar-refractivity contribution in [2.24, 2.45) is 7.05 Å². The average Bonchev–Trinajstić information content (AvgIpc) is 3.00.